The zero-order valence-electron chi connectivity index (χ0n) is 14.1. The minimum absolute atomic E-state index is 0.0879. The number of ether oxygens (including phenoxy) is 1. The number of furan rings is 1. The van der Waals surface area contributed by atoms with Crippen LogP contribution in [0, 0.1) is 0 Å². The van der Waals surface area contributed by atoms with Crippen molar-refractivity contribution in [1.82, 2.24) is 10.2 Å². The number of rotatable bonds is 7. The average Bonchev–Trinajstić information content (AvgIpc) is 3.32. The molecule has 0 radical (unpaired) electrons. The highest BCUT2D eigenvalue weighted by Crippen LogP contribution is 2.16. The molecular weight excluding hydrogens is 320 g/mol. The van der Waals surface area contributed by atoms with Crippen molar-refractivity contribution in [3.8, 4) is 5.75 Å². The van der Waals surface area contributed by atoms with Gasteiger partial charge in [0.15, 0.2) is 5.76 Å². The van der Waals surface area contributed by atoms with E-state index in [0.29, 0.717) is 18.5 Å². The number of carbonyl (C=O) groups is 2. The maximum atomic E-state index is 12.3. The van der Waals surface area contributed by atoms with Crippen LogP contribution in [0.25, 0.3) is 0 Å². The topological polar surface area (TPSA) is 71.8 Å². The van der Waals surface area contributed by atoms with Crippen LogP contribution in [0.3, 0.4) is 0 Å². The molecule has 0 saturated carbocycles. The largest absolute Gasteiger partial charge is 0.489 e. The molecule has 132 valence electrons. The SMILES string of the molecule is O=C(NCCC(=O)N1CCCC1)c1occc1COc1ccccc1. The predicted molar refractivity (Wildman–Crippen MR) is 92.2 cm³/mol. The van der Waals surface area contributed by atoms with E-state index in [4.69, 9.17) is 9.15 Å². The van der Waals surface area contributed by atoms with Gasteiger partial charge in [0, 0.05) is 31.6 Å². The Balaban J connectivity index is 1.47. The molecule has 25 heavy (non-hydrogen) atoms. The number of likely N-dealkylation sites (tertiary alicyclic amines) is 1. The van der Waals surface area contributed by atoms with Crippen molar-refractivity contribution in [2.45, 2.75) is 25.9 Å². The lowest BCUT2D eigenvalue weighted by Gasteiger charge is -2.15. The molecular formula is C19H22N2O4. The third-order valence-corrected chi connectivity index (χ3v) is 4.17. The molecule has 1 fully saturated rings. The van der Waals surface area contributed by atoms with Gasteiger partial charge in [-0.3, -0.25) is 9.59 Å². The fourth-order valence-electron chi connectivity index (χ4n) is 2.81. The van der Waals surface area contributed by atoms with Gasteiger partial charge in [-0.15, -0.1) is 0 Å². The molecule has 2 amide bonds. The third-order valence-electron chi connectivity index (χ3n) is 4.17. The fourth-order valence-corrected chi connectivity index (χ4v) is 2.81. The Morgan fingerprint density at radius 2 is 1.88 bits per heavy atom. The lowest BCUT2D eigenvalue weighted by atomic mass is 10.2. The third kappa shape index (κ3) is 4.62. The Morgan fingerprint density at radius 1 is 1.12 bits per heavy atom. The molecule has 1 N–H and O–H groups in total. The van der Waals surface area contributed by atoms with Crippen LogP contribution in [0.5, 0.6) is 5.75 Å². The summed E-state index contributed by atoms with van der Waals surface area (Å²) in [7, 11) is 0. The summed E-state index contributed by atoms with van der Waals surface area (Å²) in [6.45, 7) is 2.20. The molecule has 0 aliphatic carbocycles. The first-order valence-electron chi connectivity index (χ1n) is 8.54. The highest BCUT2D eigenvalue weighted by atomic mass is 16.5. The van der Waals surface area contributed by atoms with Crippen LogP contribution in [0.2, 0.25) is 0 Å². The molecule has 3 rings (SSSR count). The number of nitrogens with one attached hydrogen (secondary N) is 1. The second kappa shape index (κ2) is 8.37. The van der Waals surface area contributed by atoms with Gasteiger partial charge in [-0.2, -0.15) is 0 Å². The van der Waals surface area contributed by atoms with Gasteiger partial charge in [-0.1, -0.05) is 18.2 Å². The van der Waals surface area contributed by atoms with Gasteiger partial charge in [0.2, 0.25) is 5.91 Å². The van der Waals surface area contributed by atoms with Crippen molar-refractivity contribution in [3.05, 3.63) is 54.0 Å². The van der Waals surface area contributed by atoms with E-state index < -0.39 is 0 Å². The Morgan fingerprint density at radius 3 is 2.64 bits per heavy atom. The normalized spacial score (nSPS) is 13.7. The van der Waals surface area contributed by atoms with Crippen LogP contribution in [-0.4, -0.2) is 36.3 Å². The molecule has 0 spiro atoms. The van der Waals surface area contributed by atoms with E-state index in [1.165, 1.54) is 6.26 Å². The van der Waals surface area contributed by atoms with Crippen LogP contribution < -0.4 is 10.1 Å². The molecule has 1 saturated heterocycles. The average molecular weight is 342 g/mol. The molecule has 0 atom stereocenters. The molecule has 1 aliphatic heterocycles. The zero-order chi connectivity index (χ0) is 17.5. The Kier molecular flexibility index (Phi) is 5.72. The highest BCUT2D eigenvalue weighted by Gasteiger charge is 2.19. The van der Waals surface area contributed by atoms with Crippen LogP contribution in [0.15, 0.2) is 47.1 Å². The Hall–Kier alpha value is -2.76. The quantitative estimate of drug-likeness (QED) is 0.839. The minimum Gasteiger partial charge on any atom is -0.489 e. The van der Waals surface area contributed by atoms with E-state index in [0.717, 1.165) is 31.7 Å². The van der Waals surface area contributed by atoms with Crippen LogP contribution in [0.4, 0.5) is 0 Å². The molecule has 6 heteroatoms. The Bertz CT molecular complexity index is 705. The summed E-state index contributed by atoms with van der Waals surface area (Å²) >= 11 is 0. The first-order valence-corrected chi connectivity index (χ1v) is 8.54. The maximum absolute atomic E-state index is 12.3. The van der Waals surface area contributed by atoms with E-state index in [2.05, 4.69) is 5.32 Å². The van der Waals surface area contributed by atoms with Crippen LogP contribution in [0.1, 0.15) is 35.4 Å². The van der Waals surface area contributed by atoms with Crippen molar-refractivity contribution in [3.63, 3.8) is 0 Å². The molecule has 0 unspecified atom stereocenters. The standard InChI is InChI=1S/C19H22N2O4/c22-17(21-11-4-5-12-21)8-10-20-19(23)18-15(9-13-24-18)14-25-16-6-2-1-3-7-16/h1-3,6-7,9,13H,4-5,8,10-12,14H2,(H,20,23). The monoisotopic (exact) mass is 342 g/mol. The van der Waals surface area contributed by atoms with E-state index in [1.807, 2.05) is 35.2 Å². The lowest BCUT2D eigenvalue weighted by molar-refractivity contribution is -0.129. The number of nitrogens with zero attached hydrogens (tertiary/aromatic N) is 1. The summed E-state index contributed by atoms with van der Waals surface area (Å²) < 4.78 is 10.9. The van der Waals surface area contributed by atoms with E-state index in [9.17, 15) is 9.59 Å². The second-order valence-electron chi connectivity index (χ2n) is 5.97. The van der Waals surface area contributed by atoms with Gasteiger partial charge in [0.25, 0.3) is 5.91 Å². The minimum atomic E-state index is -0.328. The first kappa shape index (κ1) is 17.1. The van der Waals surface area contributed by atoms with Crippen molar-refractivity contribution in [1.29, 1.82) is 0 Å². The van der Waals surface area contributed by atoms with Gasteiger partial charge in [0.1, 0.15) is 12.4 Å². The molecule has 2 aromatic rings. The predicted octanol–water partition coefficient (Wildman–Crippen LogP) is 2.60. The van der Waals surface area contributed by atoms with Crippen LogP contribution >= 0.6 is 0 Å². The highest BCUT2D eigenvalue weighted by molar-refractivity contribution is 5.93. The van der Waals surface area contributed by atoms with Crippen molar-refractivity contribution < 1.29 is 18.7 Å². The molecule has 1 aliphatic rings. The van der Waals surface area contributed by atoms with Gasteiger partial charge in [-0.05, 0) is 31.0 Å². The molecule has 6 nitrogen and oxygen atoms in total. The summed E-state index contributed by atoms with van der Waals surface area (Å²) in [6, 6.07) is 11.1. The van der Waals surface area contributed by atoms with E-state index >= 15 is 0 Å². The number of hydrogen-bond donors (Lipinski definition) is 1. The van der Waals surface area contributed by atoms with Crippen molar-refractivity contribution in [2.75, 3.05) is 19.6 Å². The smallest absolute Gasteiger partial charge is 0.287 e. The van der Waals surface area contributed by atoms with Gasteiger partial charge < -0.3 is 19.4 Å². The van der Waals surface area contributed by atoms with Gasteiger partial charge >= 0.3 is 0 Å². The number of amides is 2. The molecule has 1 aromatic carbocycles. The maximum Gasteiger partial charge on any atom is 0.287 e. The number of benzene rings is 1. The van der Waals surface area contributed by atoms with Crippen molar-refractivity contribution in [2.24, 2.45) is 0 Å². The summed E-state index contributed by atoms with van der Waals surface area (Å²) in [4.78, 5) is 26.1. The molecule has 0 bridgehead atoms. The summed E-state index contributed by atoms with van der Waals surface area (Å²) in [5.74, 6) is 0.714. The van der Waals surface area contributed by atoms with E-state index in [1.54, 1.807) is 6.07 Å². The second-order valence-corrected chi connectivity index (χ2v) is 5.97. The molecule has 1 aromatic heterocycles. The molecule has 2 heterocycles. The summed E-state index contributed by atoms with van der Waals surface area (Å²) in [5.41, 5.74) is 0.673. The number of carbonyl (C=O) groups excluding carboxylic acids is 2. The lowest BCUT2D eigenvalue weighted by Crippen LogP contribution is -2.32. The first-order chi connectivity index (χ1) is 12.2. The van der Waals surface area contributed by atoms with Crippen molar-refractivity contribution >= 4 is 11.8 Å². The van der Waals surface area contributed by atoms with Gasteiger partial charge in [-0.25, -0.2) is 0 Å². The summed E-state index contributed by atoms with van der Waals surface area (Å²) in [5, 5.41) is 2.74. The zero-order valence-corrected chi connectivity index (χ0v) is 14.1. The number of hydrogen-bond acceptors (Lipinski definition) is 4. The van der Waals surface area contributed by atoms with E-state index in [-0.39, 0.29) is 24.2 Å². The fraction of sp³-hybridized carbons (Fsp3) is 0.368. The summed E-state index contributed by atoms with van der Waals surface area (Å²) in [6.07, 6.45) is 3.90. The van der Waals surface area contributed by atoms with Gasteiger partial charge in [0.05, 0.1) is 6.26 Å². The van der Waals surface area contributed by atoms with Crippen LogP contribution in [-0.2, 0) is 11.4 Å². The number of para-hydroxylation sites is 1. The Labute approximate surface area is 146 Å².